The molecule has 0 spiro atoms. The molecule has 5 heteroatoms. The van der Waals surface area contributed by atoms with Crippen molar-refractivity contribution in [2.45, 2.75) is 12.8 Å². The molecule has 0 atom stereocenters. The number of fused-ring (bicyclic) bond motifs is 1. The summed E-state index contributed by atoms with van der Waals surface area (Å²) in [6.45, 7) is 4.34. The lowest BCUT2D eigenvalue weighted by Gasteiger charge is -2.11. The van der Waals surface area contributed by atoms with Crippen molar-refractivity contribution in [1.82, 2.24) is 0 Å². The van der Waals surface area contributed by atoms with Crippen LogP contribution in [0.3, 0.4) is 0 Å². The quantitative estimate of drug-likeness (QED) is 0.741. The van der Waals surface area contributed by atoms with Gasteiger partial charge in [-0.2, -0.15) is 0 Å². The molecule has 0 fully saturated rings. The van der Waals surface area contributed by atoms with Crippen LogP contribution in [0.4, 0.5) is 5.69 Å². The summed E-state index contributed by atoms with van der Waals surface area (Å²) in [6.07, 6.45) is 1.88. The van der Waals surface area contributed by atoms with Crippen LogP contribution in [0.5, 0.6) is 11.5 Å². The van der Waals surface area contributed by atoms with Gasteiger partial charge in [0.1, 0.15) is 0 Å². The highest BCUT2D eigenvalue weighted by Crippen LogP contribution is 2.32. The molecule has 0 unspecified atom stereocenters. The fourth-order valence-corrected chi connectivity index (χ4v) is 1.92. The number of rotatable bonds is 8. The predicted octanol–water partition coefficient (Wildman–Crippen LogP) is 2.31. The van der Waals surface area contributed by atoms with E-state index >= 15 is 0 Å². The van der Waals surface area contributed by atoms with Crippen LogP contribution in [0.15, 0.2) is 18.2 Å². The number of hydrogen-bond donors (Lipinski definition) is 1. The first-order valence-electron chi connectivity index (χ1n) is 7.10. The highest BCUT2D eigenvalue weighted by atomic mass is 16.5. The minimum Gasteiger partial charge on any atom is -0.490 e. The van der Waals surface area contributed by atoms with Gasteiger partial charge in [0.25, 0.3) is 0 Å². The van der Waals surface area contributed by atoms with Gasteiger partial charge in [-0.25, -0.2) is 0 Å². The minimum absolute atomic E-state index is 0.648. The van der Waals surface area contributed by atoms with Crippen LogP contribution in [0.1, 0.15) is 12.8 Å². The van der Waals surface area contributed by atoms with Crippen molar-refractivity contribution in [3.63, 3.8) is 0 Å². The van der Waals surface area contributed by atoms with Gasteiger partial charge in [0.2, 0.25) is 0 Å². The van der Waals surface area contributed by atoms with Gasteiger partial charge >= 0.3 is 0 Å². The SMILES string of the molecule is COCCOCCCNc1ccc2c(c1)OCCCO2. The van der Waals surface area contributed by atoms with E-state index in [0.29, 0.717) is 19.8 Å². The Balaban J connectivity index is 1.69. The third-order valence-corrected chi connectivity index (χ3v) is 2.97. The number of anilines is 1. The van der Waals surface area contributed by atoms with Crippen LogP contribution in [0, 0.1) is 0 Å². The van der Waals surface area contributed by atoms with E-state index in [1.54, 1.807) is 7.11 Å². The summed E-state index contributed by atoms with van der Waals surface area (Å²) in [4.78, 5) is 0. The van der Waals surface area contributed by atoms with Crippen molar-refractivity contribution < 1.29 is 18.9 Å². The zero-order chi connectivity index (χ0) is 14.0. The van der Waals surface area contributed by atoms with Crippen molar-refractivity contribution in [3.05, 3.63) is 18.2 Å². The maximum Gasteiger partial charge on any atom is 0.163 e. The predicted molar refractivity (Wildman–Crippen MR) is 77.9 cm³/mol. The molecule has 0 saturated heterocycles. The summed E-state index contributed by atoms with van der Waals surface area (Å²) in [5, 5.41) is 3.36. The van der Waals surface area contributed by atoms with Gasteiger partial charge in [0.05, 0.1) is 26.4 Å². The van der Waals surface area contributed by atoms with E-state index in [0.717, 1.165) is 49.8 Å². The Hall–Kier alpha value is -1.46. The molecular weight excluding hydrogens is 258 g/mol. The first kappa shape index (κ1) is 14.9. The zero-order valence-corrected chi connectivity index (χ0v) is 12.0. The average Bonchev–Trinajstić information content (AvgIpc) is 2.71. The van der Waals surface area contributed by atoms with Crippen LogP contribution in [0.25, 0.3) is 0 Å². The molecule has 0 radical (unpaired) electrons. The van der Waals surface area contributed by atoms with Crippen LogP contribution >= 0.6 is 0 Å². The van der Waals surface area contributed by atoms with Crippen molar-refractivity contribution >= 4 is 5.69 Å². The molecule has 0 aromatic heterocycles. The number of ether oxygens (including phenoxy) is 4. The smallest absolute Gasteiger partial charge is 0.163 e. The number of hydrogen-bond acceptors (Lipinski definition) is 5. The first-order valence-corrected chi connectivity index (χ1v) is 7.10. The average molecular weight is 281 g/mol. The summed E-state index contributed by atoms with van der Waals surface area (Å²) >= 11 is 0. The molecule has 1 aromatic carbocycles. The number of methoxy groups -OCH3 is 1. The second kappa shape index (κ2) is 8.66. The van der Waals surface area contributed by atoms with Gasteiger partial charge in [0.15, 0.2) is 11.5 Å². The van der Waals surface area contributed by atoms with Crippen molar-refractivity contribution in [3.8, 4) is 11.5 Å². The molecule has 5 nitrogen and oxygen atoms in total. The Bertz CT molecular complexity index is 397. The van der Waals surface area contributed by atoms with Crippen LogP contribution < -0.4 is 14.8 Å². The highest BCUT2D eigenvalue weighted by molar-refractivity contribution is 5.54. The molecule has 112 valence electrons. The standard InChI is InChI=1S/C15H23NO4/c1-17-10-11-18-7-2-6-16-13-4-5-14-15(12-13)20-9-3-8-19-14/h4-5,12,16H,2-3,6-11H2,1H3. The van der Waals surface area contributed by atoms with Crippen LogP contribution in [-0.4, -0.2) is 46.7 Å². The van der Waals surface area contributed by atoms with E-state index in [9.17, 15) is 0 Å². The third kappa shape index (κ3) is 4.90. The lowest BCUT2D eigenvalue weighted by atomic mass is 10.2. The van der Waals surface area contributed by atoms with E-state index in [2.05, 4.69) is 5.32 Å². The topological polar surface area (TPSA) is 49.0 Å². The first-order chi connectivity index (χ1) is 9.90. The van der Waals surface area contributed by atoms with Gasteiger partial charge in [0, 0.05) is 38.4 Å². The molecule has 1 aliphatic heterocycles. The van der Waals surface area contributed by atoms with Gasteiger partial charge < -0.3 is 24.3 Å². The second-order valence-electron chi connectivity index (χ2n) is 4.60. The van der Waals surface area contributed by atoms with E-state index < -0.39 is 0 Å². The summed E-state index contributed by atoms with van der Waals surface area (Å²) in [7, 11) is 1.68. The molecule has 20 heavy (non-hydrogen) atoms. The monoisotopic (exact) mass is 281 g/mol. The Kier molecular flexibility index (Phi) is 6.47. The summed E-state index contributed by atoms with van der Waals surface area (Å²) in [5.41, 5.74) is 1.05. The Labute approximate surface area is 120 Å². The lowest BCUT2D eigenvalue weighted by molar-refractivity contribution is 0.0705. The Morgan fingerprint density at radius 3 is 2.80 bits per heavy atom. The maximum atomic E-state index is 5.66. The molecule has 1 aromatic rings. The molecule has 0 amide bonds. The van der Waals surface area contributed by atoms with Crippen LogP contribution in [0.2, 0.25) is 0 Å². The molecule has 1 aliphatic rings. The number of benzene rings is 1. The fourth-order valence-electron chi connectivity index (χ4n) is 1.92. The third-order valence-electron chi connectivity index (χ3n) is 2.97. The van der Waals surface area contributed by atoms with Crippen molar-refractivity contribution in [1.29, 1.82) is 0 Å². The molecule has 0 aliphatic carbocycles. The van der Waals surface area contributed by atoms with E-state index in [1.165, 1.54) is 0 Å². The maximum absolute atomic E-state index is 5.66. The molecule has 1 heterocycles. The van der Waals surface area contributed by atoms with Gasteiger partial charge in [-0.05, 0) is 18.6 Å². The molecule has 0 saturated carbocycles. The zero-order valence-electron chi connectivity index (χ0n) is 12.0. The normalized spacial score (nSPS) is 13.8. The van der Waals surface area contributed by atoms with Crippen molar-refractivity contribution in [2.24, 2.45) is 0 Å². The molecule has 1 N–H and O–H groups in total. The molecular formula is C15H23NO4. The summed E-state index contributed by atoms with van der Waals surface area (Å²) < 4.78 is 21.6. The fraction of sp³-hybridized carbons (Fsp3) is 0.600. The van der Waals surface area contributed by atoms with Gasteiger partial charge in [-0.3, -0.25) is 0 Å². The Morgan fingerprint density at radius 2 is 1.95 bits per heavy atom. The van der Waals surface area contributed by atoms with Gasteiger partial charge in [-0.1, -0.05) is 0 Å². The van der Waals surface area contributed by atoms with E-state index in [-0.39, 0.29) is 0 Å². The Morgan fingerprint density at radius 1 is 1.10 bits per heavy atom. The highest BCUT2D eigenvalue weighted by Gasteiger charge is 2.10. The molecule has 0 bridgehead atoms. The van der Waals surface area contributed by atoms with E-state index in [1.807, 2.05) is 18.2 Å². The lowest BCUT2D eigenvalue weighted by Crippen LogP contribution is -2.08. The summed E-state index contributed by atoms with van der Waals surface area (Å²) in [6, 6.07) is 5.96. The minimum atomic E-state index is 0.648. The van der Waals surface area contributed by atoms with Crippen LogP contribution in [-0.2, 0) is 9.47 Å². The molecule has 2 rings (SSSR count). The summed E-state index contributed by atoms with van der Waals surface area (Å²) in [5.74, 6) is 1.65. The number of nitrogens with one attached hydrogen (secondary N) is 1. The van der Waals surface area contributed by atoms with E-state index in [4.69, 9.17) is 18.9 Å². The van der Waals surface area contributed by atoms with Gasteiger partial charge in [-0.15, -0.1) is 0 Å². The van der Waals surface area contributed by atoms with Crippen molar-refractivity contribution in [2.75, 3.05) is 52.0 Å². The largest absolute Gasteiger partial charge is 0.490 e. The second-order valence-corrected chi connectivity index (χ2v) is 4.60.